The Labute approximate surface area is 100 Å². The molecule has 7 heteroatoms. The van der Waals surface area contributed by atoms with Crippen LogP contribution in [0.5, 0.6) is 0 Å². The first-order valence-electron chi connectivity index (χ1n) is 5.72. The van der Waals surface area contributed by atoms with Crippen molar-refractivity contribution in [1.82, 2.24) is 4.90 Å². The first-order chi connectivity index (χ1) is 8.11. The van der Waals surface area contributed by atoms with Gasteiger partial charge in [-0.2, -0.15) is 0 Å². The number of hydrogen-bond acceptors (Lipinski definition) is 4. The van der Waals surface area contributed by atoms with Crippen molar-refractivity contribution >= 4 is 11.9 Å². The molecule has 1 atom stereocenters. The summed E-state index contributed by atoms with van der Waals surface area (Å²) in [6.07, 6.45) is 1.04. The number of ether oxygens (including phenoxy) is 1. The van der Waals surface area contributed by atoms with Gasteiger partial charge >= 0.3 is 5.97 Å². The average Bonchev–Trinajstić information content (AvgIpc) is 2.35. The summed E-state index contributed by atoms with van der Waals surface area (Å²) in [5, 5.41) is 8.59. The second-order valence-electron chi connectivity index (χ2n) is 3.93. The highest BCUT2D eigenvalue weighted by molar-refractivity contribution is 5.78. The number of carbonyl (C=O) groups is 1. The summed E-state index contributed by atoms with van der Waals surface area (Å²) in [5.41, 5.74) is 11.2. The lowest BCUT2D eigenvalue weighted by Crippen LogP contribution is -2.44. The molecule has 0 amide bonds. The first kappa shape index (κ1) is 13.7. The van der Waals surface area contributed by atoms with Crippen LogP contribution in [0.4, 0.5) is 0 Å². The average molecular weight is 244 g/mol. The van der Waals surface area contributed by atoms with Crippen molar-refractivity contribution in [3.05, 3.63) is 0 Å². The van der Waals surface area contributed by atoms with Crippen LogP contribution in [0.2, 0.25) is 0 Å². The van der Waals surface area contributed by atoms with E-state index in [1.807, 2.05) is 4.90 Å². The molecule has 1 heterocycles. The zero-order valence-electron chi connectivity index (χ0n) is 9.84. The van der Waals surface area contributed by atoms with Gasteiger partial charge in [-0.15, -0.1) is 0 Å². The zero-order valence-corrected chi connectivity index (χ0v) is 9.84. The van der Waals surface area contributed by atoms with Gasteiger partial charge in [0, 0.05) is 19.6 Å². The van der Waals surface area contributed by atoms with E-state index in [-0.39, 0.29) is 0 Å². The van der Waals surface area contributed by atoms with Crippen LogP contribution in [0.25, 0.3) is 0 Å². The maximum atomic E-state index is 10.5. The van der Waals surface area contributed by atoms with Crippen molar-refractivity contribution in [2.45, 2.75) is 18.9 Å². The molecule has 1 aliphatic heterocycles. The normalized spacial score (nSPS) is 19.1. The lowest BCUT2D eigenvalue weighted by Gasteiger charge is -2.27. The van der Waals surface area contributed by atoms with Crippen LogP contribution in [0, 0.1) is 0 Å². The number of nitrogens with zero attached hydrogens (tertiary/aromatic N) is 2. The Hall–Kier alpha value is -1.34. The minimum Gasteiger partial charge on any atom is -0.480 e. The van der Waals surface area contributed by atoms with E-state index >= 15 is 0 Å². The molecule has 0 aromatic rings. The molecule has 17 heavy (non-hydrogen) atoms. The molecule has 7 nitrogen and oxygen atoms in total. The highest BCUT2D eigenvalue weighted by Gasteiger charge is 2.12. The van der Waals surface area contributed by atoms with Gasteiger partial charge in [-0.05, 0) is 12.8 Å². The third kappa shape index (κ3) is 5.01. The van der Waals surface area contributed by atoms with E-state index in [9.17, 15) is 4.79 Å². The number of aliphatic imine (C=N–C) groups is 1. The Bertz CT molecular complexity index is 277. The van der Waals surface area contributed by atoms with E-state index < -0.39 is 12.0 Å². The van der Waals surface area contributed by atoms with Crippen LogP contribution in [0.15, 0.2) is 4.99 Å². The number of carboxylic acids is 1. The summed E-state index contributed by atoms with van der Waals surface area (Å²) in [6, 6.07) is -0.810. The Morgan fingerprint density at radius 3 is 2.71 bits per heavy atom. The standard InChI is InChI=1S/C10H20N4O3/c11-8(9(15)16)2-1-3-13-10(12)14-4-6-17-7-5-14/h8H,1-7,11H2,(H2,12,13)(H,15,16)/t8-/m0/s1. The van der Waals surface area contributed by atoms with Gasteiger partial charge in [0.05, 0.1) is 13.2 Å². The number of nitrogens with two attached hydrogens (primary N) is 2. The number of carboxylic acid groups (broad SMARTS) is 1. The van der Waals surface area contributed by atoms with Crippen molar-refractivity contribution in [2.75, 3.05) is 32.8 Å². The van der Waals surface area contributed by atoms with E-state index in [0.29, 0.717) is 38.6 Å². The highest BCUT2D eigenvalue weighted by atomic mass is 16.5. The summed E-state index contributed by atoms with van der Waals surface area (Å²) < 4.78 is 5.20. The summed E-state index contributed by atoms with van der Waals surface area (Å²) in [6.45, 7) is 3.35. The van der Waals surface area contributed by atoms with Gasteiger partial charge in [0.25, 0.3) is 0 Å². The number of rotatable bonds is 5. The SMILES string of the molecule is NC(=NCCC[C@H](N)C(=O)O)N1CCOCC1. The molecule has 0 spiro atoms. The van der Waals surface area contributed by atoms with Crippen molar-refractivity contribution in [3.63, 3.8) is 0 Å². The predicted molar refractivity (Wildman–Crippen MR) is 63.7 cm³/mol. The molecular weight excluding hydrogens is 224 g/mol. The third-order valence-electron chi connectivity index (χ3n) is 2.60. The summed E-state index contributed by atoms with van der Waals surface area (Å²) in [7, 11) is 0. The Balaban J connectivity index is 2.20. The predicted octanol–water partition coefficient (Wildman–Crippen LogP) is -1.17. The van der Waals surface area contributed by atoms with Crippen LogP contribution in [0.3, 0.4) is 0 Å². The van der Waals surface area contributed by atoms with Crippen molar-refractivity contribution in [3.8, 4) is 0 Å². The van der Waals surface area contributed by atoms with Gasteiger partial charge in [0.1, 0.15) is 6.04 Å². The van der Waals surface area contributed by atoms with E-state index in [2.05, 4.69) is 4.99 Å². The van der Waals surface area contributed by atoms with Gasteiger partial charge < -0.3 is 26.2 Å². The summed E-state index contributed by atoms with van der Waals surface area (Å²) in [5.74, 6) is -0.479. The van der Waals surface area contributed by atoms with Crippen molar-refractivity contribution < 1.29 is 14.6 Å². The third-order valence-corrected chi connectivity index (χ3v) is 2.60. The van der Waals surface area contributed by atoms with Crippen LogP contribution in [-0.2, 0) is 9.53 Å². The molecule has 0 bridgehead atoms. The lowest BCUT2D eigenvalue weighted by atomic mass is 10.2. The number of aliphatic carboxylic acids is 1. The van der Waals surface area contributed by atoms with E-state index in [1.165, 1.54) is 0 Å². The highest BCUT2D eigenvalue weighted by Crippen LogP contribution is 1.98. The topological polar surface area (TPSA) is 114 Å². The first-order valence-corrected chi connectivity index (χ1v) is 5.72. The molecule has 1 fully saturated rings. The quantitative estimate of drug-likeness (QED) is 0.319. The van der Waals surface area contributed by atoms with Crippen LogP contribution < -0.4 is 11.5 Å². The molecular formula is C10H20N4O3. The number of guanidine groups is 1. The molecule has 0 aromatic carbocycles. The number of hydrogen-bond donors (Lipinski definition) is 3. The largest absolute Gasteiger partial charge is 0.480 e. The molecule has 0 radical (unpaired) electrons. The minimum absolute atomic E-state index is 0.412. The smallest absolute Gasteiger partial charge is 0.320 e. The van der Waals surface area contributed by atoms with Crippen molar-refractivity contribution in [1.29, 1.82) is 0 Å². The van der Waals surface area contributed by atoms with E-state index in [1.54, 1.807) is 0 Å². The molecule has 0 aliphatic carbocycles. The van der Waals surface area contributed by atoms with Crippen LogP contribution in [0.1, 0.15) is 12.8 Å². The Kier molecular flexibility index (Phi) is 5.71. The van der Waals surface area contributed by atoms with Gasteiger partial charge in [0.2, 0.25) is 0 Å². The maximum Gasteiger partial charge on any atom is 0.320 e. The molecule has 1 rings (SSSR count). The van der Waals surface area contributed by atoms with Gasteiger partial charge in [-0.25, -0.2) is 0 Å². The second-order valence-corrected chi connectivity index (χ2v) is 3.93. The molecule has 98 valence electrons. The zero-order chi connectivity index (χ0) is 12.7. The summed E-state index contributed by atoms with van der Waals surface area (Å²) in [4.78, 5) is 16.6. The monoisotopic (exact) mass is 244 g/mol. The van der Waals surface area contributed by atoms with Crippen molar-refractivity contribution in [2.24, 2.45) is 16.5 Å². The van der Waals surface area contributed by atoms with Crippen LogP contribution in [-0.4, -0.2) is 60.8 Å². The fourth-order valence-corrected chi connectivity index (χ4v) is 1.52. The molecule has 1 saturated heterocycles. The Morgan fingerprint density at radius 1 is 1.47 bits per heavy atom. The molecule has 0 unspecified atom stereocenters. The van der Waals surface area contributed by atoms with Crippen LogP contribution >= 0.6 is 0 Å². The van der Waals surface area contributed by atoms with E-state index in [0.717, 1.165) is 13.1 Å². The lowest BCUT2D eigenvalue weighted by molar-refractivity contribution is -0.138. The second kappa shape index (κ2) is 7.08. The van der Waals surface area contributed by atoms with Gasteiger partial charge in [-0.3, -0.25) is 9.79 Å². The Morgan fingerprint density at radius 2 is 2.12 bits per heavy atom. The van der Waals surface area contributed by atoms with Gasteiger partial charge in [0.15, 0.2) is 5.96 Å². The van der Waals surface area contributed by atoms with Gasteiger partial charge in [-0.1, -0.05) is 0 Å². The maximum absolute atomic E-state index is 10.5. The molecule has 5 N–H and O–H groups in total. The fourth-order valence-electron chi connectivity index (χ4n) is 1.52. The number of morpholine rings is 1. The van der Waals surface area contributed by atoms with E-state index in [4.69, 9.17) is 21.3 Å². The fraction of sp³-hybridized carbons (Fsp3) is 0.800. The minimum atomic E-state index is -0.977. The molecule has 0 aromatic heterocycles. The molecule has 1 aliphatic rings. The molecule has 0 saturated carbocycles. The summed E-state index contributed by atoms with van der Waals surface area (Å²) >= 11 is 0.